The minimum atomic E-state index is -5.02. The van der Waals surface area contributed by atoms with Crippen LogP contribution < -0.4 is 10.9 Å². The van der Waals surface area contributed by atoms with Gasteiger partial charge in [-0.3, -0.25) is 20.4 Å². The number of hydrazine groups is 1. The standard InChI is InChI=1S/C9H5F3N2O2S2/c10-9(11,12)8(16)14-13-7(15)6-3-5-4(18-6)1-2-17-5/h1-3H,(H,13,15)(H,14,16). The van der Waals surface area contributed by atoms with Crippen LogP contribution in [-0.4, -0.2) is 18.0 Å². The zero-order valence-corrected chi connectivity index (χ0v) is 10.1. The van der Waals surface area contributed by atoms with Crippen LogP contribution in [0, 0.1) is 0 Å². The van der Waals surface area contributed by atoms with Crippen molar-refractivity contribution >= 4 is 43.9 Å². The van der Waals surface area contributed by atoms with Gasteiger partial charge in [-0.1, -0.05) is 0 Å². The van der Waals surface area contributed by atoms with Gasteiger partial charge >= 0.3 is 12.1 Å². The normalized spacial score (nSPS) is 11.5. The Bertz CT molecular complexity index is 574. The Kier molecular flexibility index (Phi) is 3.26. The van der Waals surface area contributed by atoms with Crippen molar-refractivity contribution in [3.05, 3.63) is 22.4 Å². The van der Waals surface area contributed by atoms with E-state index < -0.39 is 18.0 Å². The Balaban J connectivity index is 2.01. The van der Waals surface area contributed by atoms with Crippen molar-refractivity contribution in [2.24, 2.45) is 0 Å². The number of nitrogens with one attached hydrogen (secondary N) is 2. The molecule has 4 nitrogen and oxygen atoms in total. The van der Waals surface area contributed by atoms with Gasteiger partial charge in [-0.15, -0.1) is 22.7 Å². The fourth-order valence-electron chi connectivity index (χ4n) is 1.12. The summed E-state index contributed by atoms with van der Waals surface area (Å²) < 4.78 is 37.3. The van der Waals surface area contributed by atoms with E-state index in [1.807, 2.05) is 5.38 Å². The molecule has 0 unspecified atom stereocenters. The number of amides is 2. The number of carbonyl (C=O) groups is 2. The largest absolute Gasteiger partial charge is 0.472 e. The molecule has 2 aromatic heterocycles. The molecule has 0 aliphatic rings. The Morgan fingerprint density at radius 1 is 1.17 bits per heavy atom. The third-order valence-electron chi connectivity index (χ3n) is 1.91. The Hall–Kier alpha value is -1.61. The van der Waals surface area contributed by atoms with Crippen LogP contribution >= 0.6 is 22.7 Å². The van der Waals surface area contributed by atoms with Gasteiger partial charge in [0.15, 0.2) is 0 Å². The molecule has 0 aromatic carbocycles. The highest BCUT2D eigenvalue weighted by Gasteiger charge is 2.39. The average molecular weight is 294 g/mol. The lowest BCUT2D eigenvalue weighted by atomic mass is 10.4. The smallest absolute Gasteiger partial charge is 0.266 e. The predicted molar refractivity (Wildman–Crippen MR) is 61.4 cm³/mol. The van der Waals surface area contributed by atoms with Crippen LogP contribution in [0.1, 0.15) is 9.67 Å². The maximum Gasteiger partial charge on any atom is 0.472 e. The average Bonchev–Trinajstić information content (AvgIpc) is 2.83. The van der Waals surface area contributed by atoms with Gasteiger partial charge in [0.25, 0.3) is 5.91 Å². The Morgan fingerprint density at radius 3 is 2.50 bits per heavy atom. The molecular weight excluding hydrogens is 289 g/mol. The fourth-order valence-corrected chi connectivity index (χ4v) is 3.13. The summed E-state index contributed by atoms with van der Waals surface area (Å²) in [6, 6.07) is 3.36. The molecule has 2 amide bonds. The lowest BCUT2D eigenvalue weighted by Crippen LogP contribution is -2.47. The zero-order valence-electron chi connectivity index (χ0n) is 8.50. The van der Waals surface area contributed by atoms with Gasteiger partial charge in [-0.2, -0.15) is 13.2 Å². The van der Waals surface area contributed by atoms with Crippen LogP contribution in [0.15, 0.2) is 17.5 Å². The van der Waals surface area contributed by atoms with Crippen molar-refractivity contribution in [2.75, 3.05) is 0 Å². The summed E-state index contributed by atoms with van der Waals surface area (Å²) in [6.45, 7) is 0. The highest BCUT2D eigenvalue weighted by Crippen LogP contribution is 2.29. The van der Waals surface area contributed by atoms with E-state index in [1.54, 1.807) is 17.6 Å². The first-order valence-electron chi connectivity index (χ1n) is 4.52. The quantitative estimate of drug-likeness (QED) is 0.793. The van der Waals surface area contributed by atoms with Gasteiger partial charge in [0.2, 0.25) is 0 Å². The maximum atomic E-state index is 11.9. The second-order valence-corrected chi connectivity index (χ2v) is 5.20. The summed E-state index contributed by atoms with van der Waals surface area (Å²) >= 11 is 2.55. The van der Waals surface area contributed by atoms with Crippen LogP contribution in [-0.2, 0) is 4.79 Å². The predicted octanol–water partition coefficient (Wildman–Crippen LogP) is 2.29. The number of hydrogen-bond donors (Lipinski definition) is 2. The molecule has 0 fully saturated rings. The number of alkyl halides is 3. The summed E-state index contributed by atoms with van der Waals surface area (Å²) in [7, 11) is 0. The van der Waals surface area contributed by atoms with Crippen molar-refractivity contribution < 1.29 is 22.8 Å². The zero-order chi connectivity index (χ0) is 13.3. The van der Waals surface area contributed by atoms with E-state index in [0.717, 1.165) is 20.7 Å². The molecular formula is C9H5F3N2O2S2. The van der Waals surface area contributed by atoms with Crippen LogP contribution in [0.5, 0.6) is 0 Å². The molecule has 2 heterocycles. The highest BCUT2D eigenvalue weighted by atomic mass is 32.1. The molecule has 0 spiro atoms. The molecule has 9 heteroatoms. The van der Waals surface area contributed by atoms with Gasteiger partial charge < -0.3 is 0 Å². The molecule has 2 aromatic rings. The molecule has 96 valence electrons. The van der Waals surface area contributed by atoms with E-state index >= 15 is 0 Å². The molecule has 0 aliphatic carbocycles. The molecule has 0 atom stereocenters. The van der Waals surface area contributed by atoms with Crippen LogP contribution in [0.4, 0.5) is 13.2 Å². The first kappa shape index (κ1) is 12.8. The third-order valence-corrected chi connectivity index (χ3v) is 4.00. The second-order valence-electron chi connectivity index (χ2n) is 3.17. The minimum Gasteiger partial charge on any atom is -0.266 e. The molecule has 0 radical (unpaired) electrons. The summed E-state index contributed by atoms with van der Waals surface area (Å²) in [5.74, 6) is -2.99. The number of hydrogen-bond acceptors (Lipinski definition) is 4. The number of thiophene rings is 2. The van der Waals surface area contributed by atoms with Gasteiger partial charge in [0.05, 0.1) is 4.88 Å². The summed E-state index contributed by atoms with van der Waals surface area (Å²) in [4.78, 5) is 22.2. The number of carbonyl (C=O) groups excluding carboxylic acids is 2. The Morgan fingerprint density at radius 2 is 1.89 bits per heavy atom. The van der Waals surface area contributed by atoms with E-state index in [2.05, 4.69) is 0 Å². The van der Waals surface area contributed by atoms with Crippen molar-refractivity contribution in [3.63, 3.8) is 0 Å². The second kappa shape index (κ2) is 4.58. The maximum absolute atomic E-state index is 11.9. The lowest BCUT2D eigenvalue weighted by Gasteiger charge is -2.07. The number of fused-ring (bicyclic) bond motifs is 1. The highest BCUT2D eigenvalue weighted by molar-refractivity contribution is 7.27. The van der Waals surface area contributed by atoms with Gasteiger partial charge in [0, 0.05) is 9.40 Å². The summed E-state index contributed by atoms with van der Waals surface area (Å²) in [6.07, 6.45) is -5.02. The van der Waals surface area contributed by atoms with E-state index in [0.29, 0.717) is 0 Å². The molecule has 0 aliphatic heterocycles. The molecule has 0 bridgehead atoms. The van der Waals surface area contributed by atoms with Gasteiger partial charge in [-0.25, -0.2) is 0 Å². The van der Waals surface area contributed by atoms with E-state index in [-0.39, 0.29) is 4.88 Å². The first-order valence-corrected chi connectivity index (χ1v) is 6.22. The van der Waals surface area contributed by atoms with Crippen molar-refractivity contribution in [2.45, 2.75) is 6.18 Å². The molecule has 18 heavy (non-hydrogen) atoms. The summed E-state index contributed by atoms with van der Waals surface area (Å²) in [5, 5.41) is 1.84. The minimum absolute atomic E-state index is 0.235. The van der Waals surface area contributed by atoms with E-state index in [1.165, 1.54) is 16.8 Å². The number of halogens is 3. The third kappa shape index (κ3) is 2.62. The first-order chi connectivity index (χ1) is 8.38. The van der Waals surface area contributed by atoms with E-state index in [9.17, 15) is 22.8 Å². The van der Waals surface area contributed by atoms with Crippen LogP contribution in [0.2, 0.25) is 0 Å². The van der Waals surface area contributed by atoms with Gasteiger partial charge in [0.1, 0.15) is 0 Å². The van der Waals surface area contributed by atoms with Crippen molar-refractivity contribution in [1.29, 1.82) is 0 Å². The van der Waals surface area contributed by atoms with E-state index in [4.69, 9.17) is 0 Å². The monoisotopic (exact) mass is 294 g/mol. The molecule has 0 saturated carbocycles. The molecule has 0 saturated heterocycles. The SMILES string of the molecule is O=C(NNC(=O)C(F)(F)F)c1cc2sccc2s1. The van der Waals surface area contributed by atoms with Gasteiger partial charge in [-0.05, 0) is 17.5 Å². The number of rotatable bonds is 1. The van der Waals surface area contributed by atoms with Crippen LogP contribution in [0.3, 0.4) is 0 Å². The Labute approximate surface area is 106 Å². The van der Waals surface area contributed by atoms with Crippen molar-refractivity contribution in [3.8, 4) is 0 Å². The molecule has 2 rings (SSSR count). The topological polar surface area (TPSA) is 58.2 Å². The van der Waals surface area contributed by atoms with Crippen molar-refractivity contribution in [1.82, 2.24) is 10.9 Å². The lowest BCUT2D eigenvalue weighted by molar-refractivity contribution is -0.174. The van der Waals surface area contributed by atoms with Crippen LogP contribution in [0.25, 0.3) is 9.40 Å². The summed E-state index contributed by atoms with van der Waals surface area (Å²) in [5.41, 5.74) is 3.02. The molecule has 2 N–H and O–H groups in total. The fraction of sp³-hybridized carbons (Fsp3) is 0.111.